The minimum atomic E-state index is 0.0912. The first-order valence-electron chi connectivity index (χ1n) is 8.49. The van der Waals surface area contributed by atoms with E-state index in [2.05, 4.69) is 39.4 Å². The summed E-state index contributed by atoms with van der Waals surface area (Å²) >= 11 is 0. The summed E-state index contributed by atoms with van der Waals surface area (Å²) in [6.45, 7) is 4.81. The van der Waals surface area contributed by atoms with Crippen molar-refractivity contribution in [3.8, 4) is 0 Å². The third-order valence-corrected chi connectivity index (χ3v) is 4.97. The molecule has 0 aromatic heterocycles. The number of amides is 1. The van der Waals surface area contributed by atoms with Gasteiger partial charge in [0.15, 0.2) is 0 Å². The maximum atomic E-state index is 12.9. The van der Waals surface area contributed by atoms with E-state index < -0.39 is 0 Å². The topological polar surface area (TPSA) is 35.6 Å². The zero-order valence-electron chi connectivity index (χ0n) is 13.5. The standard InChI is InChI=1S/C18H27N3O/c1-19-12-16-9-11-21(14-16)18(22)17-8-5-10-20(17)13-15-6-3-2-4-7-15/h2-4,6-7,16-17,19H,5,8-14H2,1H3. The molecule has 0 aliphatic carbocycles. The number of rotatable bonds is 5. The average molecular weight is 301 g/mol. The summed E-state index contributed by atoms with van der Waals surface area (Å²) < 4.78 is 0. The molecule has 0 spiro atoms. The SMILES string of the molecule is CNCC1CCN(C(=O)C2CCCN2Cc2ccccc2)C1. The number of carbonyl (C=O) groups is 1. The molecular weight excluding hydrogens is 274 g/mol. The molecule has 2 unspecified atom stereocenters. The van der Waals surface area contributed by atoms with Gasteiger partial charge in [0.05, 0.1) is 6.04 Å². The van der Waals surface area contributed by atoms with Crippen LogP contribution in [0.25, 0.3) is 0 Å². The van der Waals surface area contributed by atoms with E-state index in [1.54, 1.807) is 0 Å². The summed E-state index contributed by atoms with van der Waals surface area (Å²) in [6, 6.07) is 10.6. The van der Waals surface area contributed by atoms with Crippen LogP contribution in [0.5, 0.6) is 0 Å². The Hall–Kier alpha value is -1.39. The van der Waals surface area contributed by atoms with Gasteiger partial charge in [0.1, 0.15) is 0 Å². The van der Waals surface area contributed by atoms with Crippen molar-refractivity contribution < 1.29 is 4.79 Å². The van der Waals surface area contributed by atoms with Crippen LogP contribution < -0.4 is 5.32 Å². The Kier molecular flexibility index (Phi) is 5.11. The molecule has 2 saturated heterocycles. The molecule has 2 aliphatic heterocycles. The van der Waals surface area contributed by atoms with E-state index in [-0.39, 0.29) is 6.04 Å². The fourth-order valence-electron chi connectivity index (χ4n) is 3.81. The normalized spacial score (nSPS) is 25.8. The van der Waals surface area contributed by atoms with Crippen molar-refractivity contribution in [3.05, 3.63) is 35.9 Å². The molecule has 4 heteroatoms. The molecule has 2 heterocycles. The first kappa shape index (κ1) is 15.5. The van der Waals surface area contributed by atoms with E-state index >= 15 is 0 Å². The van der Waals surface area contributed by atoms with Gasteiger partial charge in [-0.15, -0.1) is 0 Å². The number of nitrogens with one attached hydrogen (secondary N) is 1. The summed E-state index contributed by atoms with van der Waals surface area (Å²) in [4.78, 5) is 17.3. The first-order chi connectivity index (χ1) is 10.8. The summed E-state index contributed by atoms with van der Waals surface area (Å²) in [5, 5.41) is 3.23. The third kappa shape index (κ3) is 3.50. The highest BCUT2D eigenvalue weighted by Crippen LogP contribution is 2.24. The molecule has 1 aromatic rings. The van der Waals surface area contributed by atoms with Crippen LogP contribution in [0.2, 0.25) is 0 Å². The Balaban J connectivity index is 1.59. The predicted octanol–water partition coefficient (Wildman–Crippen LogP) is 1.72. The molecular formula is C18H27N3O. The number of hydrogen-bond acceptors (Lipinski definition) is 3. The second-order valence-corrected chi connectivity index (χ2v) is 6.61. The van der Waals surface area contributed by atoms with Gasteiger partial charge >= 0.3 is 0 Å². The summed E-state index contributed by atoms with van der Waals surface area (Å²) in [5.74, 6) is 0.977. The molecule has 2 aliphatic rings. The van der Waals surface area contributed by atoms with Crippen molar-refractivity contribution >= 4 is 5.91 Å². The van der Waals surface area contributed by atoms with Crippen LogP contribution in [0.4, 0.5) is 0 Å². The van der Waals surface area contributed by atoms with Crippen molar-refractivity contribution in [2.45, 2.75) is 31.8 Å². The van der Waals surface area contributed by atoms with Crippen molar-refractivity contribution in [2.24, 2.45) is 5.92 Å². The number of benzene rings is 1. The van der Waals surface area contributed by atoms with Crippen LogP contribution in [0.1, 0.15) is 24.8 Å². The largest absolute Gasteiger partial charge is 0.341 e. The van der Waals surface area contributed by atoms with Gasteiger partial charge in [-0.25, -0.2) is 0 Å². The number of hydrogen-bond donors (Lipinski definition) is 1. The molecule has 3 rings (SSSR count). The smallest absolute Gasteiger partial charge is 0.239 e. The van der Waals surface area contributed by atoms with Crippen LogP contribution in [0, 0.1) is 5.92 Å². The zero-order valence-corrected chi connectivity index (χ0v) is 13.5. The summed E-state index contributed by atoms with van der Waals surface area (Å²) in [6.07, 6.45) is 3.29. The fraction of sp³-hybridized carbons (Fsp3) is 0.611. The molecule has 0 bridgehead atoms. The van der Waals surface area contributed by atoms with Crippen LogP contribution in [-0.4, -0.2) is 55.0 Å². The molecule has 0 saturated carbocycles. The van der Waals surface area contributed by atoms with E-state index in [9.17, 15) is 4.79 Å². The molecule has 1 amide bonds. The first-order valence-corrected chi connectivity index (χ1v) is 8.49. The highest BCUT2D eigenvalue weighted by molar-refractivity contribution is 5.82. The highest BCUT2D eigenvalue weighted by atomic mass is 16.2. The number of likely N-dealkylation sites (tertiary alicyclic amines) is 2. The Morgan fingerprint density at radius 2 is 2.05 bits per heavy atom. The lowest BCUT2D eigenvalue weighted by Gasteiger charge is -2.28. The van der Waals surface area contributed by atoms with Crippen molar-refractivity contribution in [3.63, 3.8) is 0 Å². The molecule has 1 aromatic carbocycles. The quantitative estimate of drug-likeness (QED) is 0.899. The van der Waals surface area contributed by atoms with Crippen LogP contribution in [-0.2, 0) is 11.3 Å². The van der Waals surface area contributed by atoms with Gasteiger partial charge in [0.25, 0.3) is 0 Å². The minimum absolute atomic E-state index is 0.0912. The molecule has 22 heavy (non-hydrogen) atoms. The molecule has 4 nitrogen and oxygen atoms in total. The third-order valence-electron chi connectivity index (χ3n) is 4.97. The average Bonchev–Trinajstić information content (AvgIpc) is 3.18. The van der Waals surface area contributed by atoms with Gasteiger partial charge in [0.2, 0.25) is 5.91 Å². The van der Waals surface area contributed by atoms with Crippen LogP contribution in [0.15, 0.2) is 30.3 Å². The van der Waals surface area contributed by atoms with E-state index in [0.717, 1.165) is 52.0 Å². The van der Waals surface area contributed by atoms with Gasteiger partial charge in [-0.1, -0.05) is 30.3 Å². The Bertz CT molecular complexity index is 490. The molecule has 2 fully saturated rings. The minimum Gasteiger partial charge on any atom is -0.341 e. The monoisotopic (exact) mass is 301 g/mol. The Labute approximate surface area is 133 Å². The second-order valence-electron chi connectivity index (χ2n) is 6.61. The van der Waals surface area contributed by atoms with E-state index in [0.29, 0.717) is 11.8 Å². The lowest BCUT2D eigenvalue weighted by molar-refractivity contribution is -0.135. The van der Waals surface area contributed by atoms with Gasteiger partial charge in [-0.05, 0) is 50.9 Å². The van der Waals surface area contributed by atoms with Crippen molar-refractivity contribution in [1.29, 1.82) is 0 Å². The lowest BCUT2D eigenvalue weighted by Crippen LogP contribution is -2.44. The number of carbonyl (C=O) groups excluding carboxylic acids is 1. The van der Waals surface area contributed by atoms with Crippen molar-refractivity contribution in [2.75, 3.05) is 33.2 Å². The maximum Gasteiger partial charge on any atom is 0.239 e. The van der Waals surface area contributed by atoms with Gasteiger partial charge in [0, 0.05) is 19.6 Å². The molecule has 1 N–H and O–H groups in total. The summed E-state index contributed by atoms with van der Waals surface area (Å²) in [7, 11) is 1.99. The molecule has 2 atom stereocenters. The van der Waals surface area contributed by atoms with E-state index in [1.807, 2.05) is 13.1 Å². The maximum absolute atomic E-state index is 12.9. The van der Waals surface area contributed by atoms with Gasteiger partial charge < -0.3 is 10.2 Å². The molecule has 120 valence electrons. The van der Waals surface area contributed by atoms with Crippen LogP contribution in [0.3, 0.4) is 0 Å². The fourth-order valence-corrected chi connectivity index (χ4v) is 3.81. The second kappa shape index (κ2) is 7.25. The van der Waals surface area contributed by atoms with E-state index in [4.69, 9.17) is 0 Å². The van der Waals surface area contributed by atoms with Crippen molar-refractivity contribution in [1.82, 2.24) is 15.1 Å². The molecule has 0 radical (unpaired) electrons. The lowest BCUT2D eigenvalue weighted by atomic mass is 10.1. The van der Waals surface area contributed by atoms with E-state index in [1.165, 1.54) is 5.56 Å². The zero-order chi connectivity index (χ0) is 15.4. The highest BCUT2D eigenvalue weighted by Gasteiger charge is 2.36. The Morgan fingerprint density at radius 1 is 1.23 bits per heavy atom. The van der Waals surface area contributed by atoms with Gasteiger partial charge in [-0.2, -0.15) is 0 Å². The Morgan fingerprint density at radius 3 is 2.82 bits per heavy atom. The predicted molar refractivity (Wildman–Crippen MR) is 88.5 cm³/mol. The van der Waals surface area contributed by atoms with Gasteiger partial charge in [-0.3, -0.25) is 9.69 Å². The summed E-state index contributed by atoms with van der Waals surface area (Å²) in [5.41, 5.74) is 1.30. The number of nitrogens with zero attached hydrogens (tertiary/aromatic N) is 2. The van der Waals surface area contributed by atoms with Crippen LogP contribution >= 0.6 is 0 Å².